The van der Waals surface area contributed by atoms with Crippen LogP contribution in [0.15, 0.2) is 0 Å². The molecule has 0 atom stereocenters. The summed E-state index contributed by atoms with van der Waals surface area (Å²) in [6, 6.07) is 1.38. The van der Waals surface area contributed by atoms with Gasteiger partial charge >= 0.3 is 49.6 Å². The molecule has 0 saturated carbocycles. The third kappa shape index (κ3) is 16.1. The van der Waals surface area contributed by atoms with E-state index in [1.54, 1.807) is 0 Å². The minimum atomic E-state index is -3.11. The molecule has 0 aliphatic carbocycles. The predicted octanol–water partition coefficient (Wildman–Crippen LogP) is 4.50. The van der Waals surface area contributed by atoms with Gasteiger partial charge in [-0.2, -0.15) is 0 Å². The Morgan fingerprint density at radius 2 is 1.14 bits per heavy atom. The Morgan fingerprint density at radius 3 is 1.14 bits per heavy atom. The van der Waals surface area contributed by atoms with Crippen molar-refractivity contribution >= 4 is 49.6 Å². The second-order valence-corrected chi connectivity index (χ2v) is 23.1. The van der Waals surface area contributed by atoms with Gasteiger partial charge in [0.15, 0.2) is 0 Å². The SMILES string of the molecule is CCN(C(C)C)C(C)C.[Cl][Ge]([Cl])([Cl])[Cl]. The fourth-order valence-electron chi connectivity index (χ4n) is 1.33. The summed E-state index contributed by atoms with van der Waals surface area (Å²) >= 11 is 0. The van der Waals surface area contributed by atoms with E-state index in [-0.39, 0.29) is 0 Å². The van der Waals surface area contributed by atoms with Gasteiger partial charge in [-0.1, -0.05) is 6.92 Å². The predicted molar refractivity (Wildman–Crippen MR) is 71.8 cm³/mol. The maximum atomic E-state index is 5.01. The van der Waals surface area contributed by atoms with E-state index >= 15 is 0 Å². The van der Waals surface area contributed by atoms with Crippen LogP contribution in [0.4, 0.5) is 0 Å². The molecule has 0 radical (unpaired) electrons. The van der Waals surface area contributed by atoms with Crippen LogP contribution in [0.5, 0.6) is 0 Å². The molecule has 0 rings (SSSR count). The fourth-order valence-corrected chi connectivity index (χ4v) is 1.33. The van der Waals surface area contributed by atoms with Crippen molar-refractivity contribution in [3.8, 4) is 0 Å². The number of hydrogen-bond donors (Lipinski definition) is 0. The third-order valence-electron chi connectivity index (χ3n) is 1.69. The molecule has 0 amide bonds. The first-order chi connectivity index (χ1) is 6.09. The zero-order valence-corrected chi connectivity index (χ0v) is 14.4. The van der Waals surface area contributed by atoms with Crippen LogP contribution in [0.1, 0.15) is 34.6 Å². The van der Waals surface area contributed by atoms with Gasteiger partial charge in [0.1, 0.15) is 0 Å². The standard InChI is InChI=1S/C8H19N.Cl4Ge/c1-6-9(7(2)3)8(4)5;1-5(2,3)4/h7-8H,6H2,1-5H3;. The van der Waals surface area contributed by atoms with E-state index < -0.39 is 9.55 Å². The first-order valence-corrected chi connectivity index (χ1v) is 15.6. The molecule has 6 heteroatoms. The van der Waals surface area contributed by atoms with Gasteiger partial charge < -0.3 is 0 Å². The van der Waals surface area contributed by atoms with Crippen molar-refractivity contribution in [2.75, 3.05) is 6.54 Å². The Labute approximate surface area is 107 Å². The normalized spacial score (nSPS) is 12.0. The van der Waals surface area contributed by atoms with Gasteiger partial charge in [0.25, 0.3) is 0 Å². The van der Waals surface area contributed by atoms with Gasteiger partial charge in [0.2, 0.25) is 0 Å². The summed E-state index contributed by atoms with van der Waals surface area (Å²) in [5.74, 6) is 0. The van der Waals surface area contributed by atoms with Gasteiger partial charge in [-0.15, -0.1) is 0 Å². The molecule has 0 aromatic rings. The van der Waals surface area contributed by atoms with Crippen molar-refractivity contribution in [1.82, 2.24) is 4.90 Å². The van der Waals surface area contributed by atoms with Gasteiger partial charge in [-0.05, 0) is 34.2 Å². The zero-order valence-electron chi connectivity index (χ0n) is 9.32. The second-order valence-electron chi connectivity index (χ2n) is 3.45. The van der Waals surface area contributed by atoms with Gasteiger partial charge in [-0.3, -0.25) is 4.90 Å². The molecule has 0 aliphatic heterocycles. The monoisotopic (exact) mass is 343 g/mol. The molecule has 0 aromatic carbocycles. The minimum absolute atomic E-state index is 0.690. The summed E-state index contributed by atoms with van der Waals surface area (Å²) in [6.45, 7) is 12.3. The van der Waals surface area contributed by atoms with Crippen LogP contribution < -0.4 is 0 Å². The summed E-state index contributed by atoms with van der Waals surface area (Å²) in [6.07, 6.45) is 0. The molecule has 88 valence electrons. The molecular formula is C8H19Cl4GeN. The first kappa shape index (κ1) is 18.0. The van der Waals surface area contributed by atoms with Crippen molar-refractivity contribution in [3.05, 3.63) is 0 Å². The van der Waals surface area contributed by atoms with Crippen LogP contribution in [0.3, 0.4) is 0 Å². The molecule has 0 unspecified atom stereocenters. The van der Waals surface area contributed by atoms with E-state index in [1.165, 1.54) is 0 Å². The van der Waals surface area contributed by atoms with Crippen molar-refractivity contribution in [2.45, 2.75) is 46.7 Å². The van der Waals surface area contributed by atoms with Crippen LogP contribution >= 0.6 is 40.0 Å². The number of halogens is 4. The summed E-state index contributed by atoms with van der Waals surface area (Å²) in [5.41, 5.74) is 0. The second kappa shape index (κ2) is 8.77. The molecule has 0 aliphatic rings. The van der Waals surface area contributed by atoms with E-state index in [1.807, 2.05) is 0 Å². The van der Waals surface area contributed by atoms with Gasteiger partial charge in [-0.25, -0.2) is 0 Å². The molecule has 0 aromatic heterocycles. The maximum absolute atomic E-state index is 5.01. The number of nitrogens with zero attached hydrogens (tertiary/aromatic N) is 1. The van der Waals surface area contributed by atoms with Crippen molar-refractivity contribution < 1.29 is 0 Å². The van der Waals surface area contributed by atoms with E-state index in [2.05, 4.69) is 39.5 Å². The van der Waals surface area contributed by atoms with Crippen LogP contribution in [0.2, 0.25) is 0 Å². The van der Waals surface area contributed by atoms with Crippen LogP contribution in [-0.2, 0) is 0 Å². The molecule has 14 heavy (non-hydrogen) atoms. The zero-order chi connectivity index (χ0) is 11.9. The molecule has 0 spiro atoms. The molecule has 1 nitrogen and oxygen atoms in total. The fraction of sp³-hybridized carbons (Fsp3) is 1.00. The molecule has 0 heterocycles. The molecule has 0 fully saturated rings. The molecule has 0 bridgehead atoms. The third-order valence-corrected chi connectivity index (χ3v) is 1.69. The summed E-state index contributed by atoms with van der Waals surface area (Å²) < 4.78 is 0. The Hall–Kier alpha value is 1.66. The Morgan fingerprint density at radius 1 is 0.929 bits per heavy atom. The first-order valence-electron chi connectivity index (χ1n) is 4.61. The Kier molecular flexibility index (Phi) is 11.3. The van der Waals surface area contributed by atoms with Crippen molar-refractivity contribution in [1.29, 1.82) is 0 Å². The average Bonchev–Trinajstić information content (AvgIpc) is 1.81. The van der Waals surface area contributed by atoms with E-state index in [4.69, 9.17) is 40.0 Å². The van der Waals surface area contributed by atoms with E-state index in [0.29, 0.717) is 12.1 Å². The topological polar surface area (TPSA) is 3.24 Å². The van der Waals surface area contributed by atoms with Crippen LogP contribution in [-0.4, -0.2) is 33.1 Å². The quantitative estimate of drug-likeness (QED) is 0.682. The van der Waals surface area contributed by atoms with Crippen LogP contribution in [0.25, 0.3) is 0 Å². The average molecular weight is 344 g/mol. The molecular weight excluding hydrogens is 325 g/mol. The van der Waals surface area contributed by atoms with E-state index in [0.717, 1.165) is 6.54 Å². The Balaban J connectivity index is 0. The van der Waals surface area contributed by atoms with Gasteiger partial charge in [0.05, 0.1) is 0 Å². The molecule has 0 N–H and O–H groups in total. The van der Waals surface area contributed by atoms with Crippen molar-refractivity contribution in [2.24, 2.45) is 0 Å². The molecule has 0 saturated heterocycles. The van der Waals surface area contributed by atoms with Gasteiger partial charge in [0, 0.05) is 12.1 Å². The van der Waals surface area contributed by atoms with Crippen molar-refractivity contribution in [3.63, 3.8) is 0 Å². The van der Waals surface area contributed by atoms with Crippen LogP contribution in [0, 0.1) is 0 Å². The summed E-state index contributed by atoms with van der Waals surface area (Å²) in [4.78, 5) is 2.46. The Bertz CT molecular complexity index is 122. The number of rotatable bonds is 3. The number of hydrogen-bond acceptors (Lipinski definition) is 1. The van der Waals surface area contributed by atoms with E-state index in [9.17, 15) is 0 Å². The summed E-state index contributed by atoms with van der Waals surface area (Å²) in [7, 11) is 16.9. The summed E-state index contributed by atoms with van der Waals surface area (Å²) in [5, 5.41) is 0.